The van der Waals surface area contributed by atoms with E-state index in [1.54, 1.807) is 81.0 Å². The number of benzene rings is 2. The Kier molecular flexibility index (Phi) is 8.88. The zero-order chi connectivity index (χ0) is 30.6. The second kappa shape index (κ2) is 12.8. The molecule has 8 nitrogen and oxygen atoms in total. The molecule has 43 heavy (non-hydrogen) atoms. The number of alkyl halides is 3. The Balaban J connectivity index is 1.46. The first-order chi connectivity index (χ1) is 20.6. The van der Waals surface area contributed by atoms with E-state index >= 15 is 0 Å². The second-order valence-electron chi connectivity index (χ2n) is 10.4. The summed E-state index contributed by atoms with van der Waals surface area (Å²) in [6.07, 6.45) is -0.847. The van der Waals surface area contributed by atoms with E-state index in [9.17, 15) is 22.4 Å². The maximum Gasteiger partial charge on any atom is 0.393 e. The van der Waals surface area contributed by atoms with E-state index in [2.05, 4.69) is 20.6 Å². The number of carbonyl (C=O) groups is 1. The second-order valence-corrected chi connectivity index (χ2v) is 10.4. The highest BCUT2D eigenvalue weighted by Gasteiger charge is 2.32. The van der Waals surface area contributed by atoms with Gasteiger partial charge in [-0.2, -0.15) is 17.6 Å². The lowest BCUT2D eigenvalue weighted by molar-refractivity contribution is -0.124. The van der Waals surface area contributed by atoms with Gasteiger partial charge in [0, 0.05) is 51.6 Å². The molecule has 1 aliphatic heterocycles. The molecule has 0 radical (unpaired) electrons. The Hall–Kier alpha value is -4.55. The number of carbonyl (C=O) groups excluding carboxylic acids is 1. The number of likely N-dealkylation sites (N-methyl/N-ethyl adjacent to an activating group) is 1. The molecule has 2 aromatic carbocycles. The van der Waals surface area contributed by atoms with Gasteiger partial charge in [-0.1, -0.05) is 42.5 Å². The van der Waals surface area contributed by atoms with E-state index in [1.165, 1.54) is 17.0 Å². The van der Waals surface area contributed by atoms with Gasteiger partial charge in [0.15, 0.2) is 0 Å². The number of amides is 1. The molecule has 2 aromatic heterocycles. The van der Waals surface area contributed by atoms with Gasteiger partial charge in [-0.3, -0.25) is 9.89 Å². The minimum Gasteiger partial charge on any atom is -0.345 e. The fraction of sp³-hybridized carbons (Fsp3) is 0.258. The Morgan fingerprint density at radius 2 is 1.81 bits per heavy atom. The summed E-state index contributed by atoms with van der Waals surface area (Å²) < 4.78 is 56.4. The molecule has 12 heteroatoms. The summed E-state index contributed by atoms with van der Waals surface area (Å²) in [5.41, 5.74) is 5.37. The van der Waals surface area contributed by atoms with Crippen LogP contribution >= 0.6 is 0 Å². The number of anilines is 1. The van der Waals surface area contributed by atoms with Crippen molar-refractivity contribution in [2.24, 2.45) is 0 Å². The molecule has 1 saturated heterocycles. The van der Waals surface area contributed by atoms with E-state index in [1.807, 2.05) is 9.91 Å². The predicted octanol–water partition coefficient (Wildman–Crippen LogP) is 5.24. The minimum atomic E-state index is -4.49. The molecule has 3 heterocycles. The van der Waals surface area contributed by atoms with Crippen molar-refractivity contribution in [3.05, 3.63) is 102 Å². The average molecular weight is 594 g/mol. The van der Waals surface area contributed by atoms with Gasteiger partial charge in [-0.05, 0) is 46.5 Å². The summed E-state index contributed by atoms with van der Waals surface area (Å²) in [5, 5.41) is 8.37. The van der Waals surface area contributed by atoms with Crippen LogP contribution in [-0.4, -0.2) is 77.6 Å². The molecule has 0 spiro atoms. The normalized spacial score (nSPS) is 15.0. The van der Waals surface area contributed by atoms with Crippen molar-refractivity contribution in [2.45, 2.75) is 12.6 Å². The van der Waals surface area contributed by atoms with Gasteiger partial charge in [0.05, 0.1) is 24.0 Å². The van der Waals surface area contributed by atoms with Crippen LogP contribution in [-0.2, 0) is 4.79 Å². The smallest absolute Gasteiger partial charge is 0.345 e. The SMILES string of the molecule is CN(C)C(=O)/C=C/CNN1CCN(c2ccc(/C(=C(/CC(F)(F)F)c3ccccc3)c3ccc4[nH]nc(F)c4c3)cn2)C1. The van der Waals surface area contributed by atoms with Crippen LogP contribution in [0.4, 0.5) is 23.4 Å². The molecule has 2 N–H and O–H groups in total. The van der Waals surface area contributed by atoms with E-state index in [0.717, 1.165) is 0 Å². The maximum absolute atomic E-state index is 14.4. The summed E-state index contributed by atoms with van der Waals surface area (Å²) in [6.45, 7) is 2.41. The van der Waals surface area contributed by atoms with Crippen molar-refractivity contribution in [3.8, 4) is 0 Å². The largest absolute Gasteiger partial charge is 0.393 e. The van der Waals surface area contributed by atoms with Crippen LogP contribution < -0.4 is 10.3 Å². The Bertz CT molecular complexity index is 1630. The van der Waals surface area contributed by atoms with Crippen LogP contribution in [0.15, 0.2) is 79.0 Å². The number of H-pyrrole nitrogens is 1. The van der Waals surface area contributed by atoms with Crippen LogP contribution in [0.25, 0.3) is 22.0 Å². The first-order valence-corrected chi connectivity index (χ1v) is 13.7. The van der Waals surface area contributed by atoms with Gasteiger partial charge in [0.25, 0.3) is 0 Å². The molecule has 1 fully saturated rings. The fourth-order valence-electron chi connectivity index (χ4n) is 4.94. The van der Waals surface area contributed by atoms with Crippen molar-refractivity contribution < 1.29 is 22.4 Å². The zero-order valence-electron chi connectivity index (χ0n) is 23.7. The quantitative estimate of drug-likeness (QED) is 0.157. The highest BCUT2D eigenvalue weighted by molar-refractivity contribution is 6.00. The van der Waals surface area contributed by atoms with Gasteiger partial charge in [0.2, 0.25) is 11.9 Å². The number of allylic oxidation sites excluding steroid dienone is 1. The molecule has 4 aromatic rings. The third-order valence-corrected chi connectivity index (χ3v) is 7.08. The standard InChI is InChI=1S/C31H31F4N7O/c1-40(2)28(43)9-6-14-37-42-16-15-41(20-42)27-13-11-23(19-36-27)29(22-10-12-26-24(17-22)30(32)39-38-26)25(18-31(33,34)35)21-7-4-3-5-8-21/h3-13,17,19,37H,14-16,18,20H2,1-2H3,(H,38,39)/b9-6+,29-25-. The average Bonchev–Trinajstić information content (AvgIpc) is 3.61. The number of rotatable bonds is 9. The number of aromatic nitrogens is 3. The molecular formula is C31H31F4N7O. The lowest BCUT2D eigenvalue weighted by atomic mass is 9.88. The minimum absolute atomic E-state index is 0.0586. The van der Waals surface area contributed by atoms with Crippen LogP contribution in [0, 0.1) is 5.95 Å². The van der Waals surface area contributed by atoms with Crippen LogP contribution in [0.2, 0.25) is 0 Å². The molecule has 1 amide bonds. The van der Waals surface area contributed by atoms with Crippen molar-refractivity contribution >= 4 is 33.8 Å². The molecular weight excluding hydrogens is 562 g/mol. The van der Waals surface area contributed by atoms with E-state index in [-0.39, 0.29) is 16.9 Å². The molecule has 224 valence electrons. The molecule has 1 aliphatic rings. The number of nitrogens with zero attached hydrogens (tertiary/aromatic N) is 5. The number of hydrogen-bond donors (Lipinski definition) is 2. The van der Waals surface area contributed by atoms with Gasteiger partial charge >= 0.3 is 6.18 Å². The zero-order valence-corrected chi connectivity index (χ0v) is 23.7. The van der Waals surface area contributed by atoms with E-state index < -0.39 is 18.5 Å². The number of hydrogen-bond acceptors (Lipinski definition) is 6. The topological polar surface area (TPSA) is 80.4 Å². The molecule has 0 aliphatic carbocycles. The molecule has 0 unspecified atom stereocenters. The van der Waals surface area contributed by atoms with Crippen LogP contribution in [0.1, 0.15) is 23.1 Å². The highest BCUT2D eigenvalue weighted by atomic mass is 19.4. The summed E-state index contributed by atoms with van der Waals surface area (Å²) >= 11 is 0. The monoisotopic (exact) mass is 593 g/mol. The Morgan fingerprint density at radius 3 is 2.51 bits per heavy atom. The predicted molar refractivity (Wildman–Crippen MR) is 158 cm³/mol. The summed E-state index contributed by atoms with van der Waals surface area (Å²) in [6, 6.07) is 16.7. The van der Waals surface area contributed by atoms with Crippen molar-refractivity contribution in [2.75, 3.05) is 45.3 Å². The first-order valence-electron chi connectivity index (χ1n) is 13.7. The van der Waals surface area contributed by atoms with Crippen LogP contribution in [0.3, 0.4) is 0 Å². The Labute approximate surface area is 246 Å². The number of halogens is 4. The Morgan fingerprint density at radius 1 is 1.05 bits per heavy atom. The molecule has 0 saturated carbocycles. The number of aromatic amines is 1. The van der Waals surface area contributed by atoms with Gasteiger partial charge in [-0.25, -0.2) is 15.4 Å². The van der Waals surface area contributed by atoms with Crippen molar-refractivity contribution in [1.82, 2.24) is 30.5 Å². The van der Waals surface area contributed by atoms with Gasteiger partial charge in [0.1, 0.15) is 5.82 Å². The lowest BCUT2D eigenvalue weighted by Gasteiger charge is -2.21. The summed E-state index contributed by atoms with van der Waals surface area (Å²) in [4.78, 5) is 19.8. The summed E-state index contributed by atoms with van der Waals surface area (Å²) in [5.74, 6) is -0.157. The third kappa shape index (κ3) is 7.27. The molecule has 5 rings (SSSR count). The number of fused-ring (bicyclic) bond motifs is 1. The molecule has 0 atom stereocenters. The number of nitrogens with one attached hydrogen (secondary N) is 2. The van der Waals surface area contributed by atoms with E-state index in [0.29, 0.717) is 59.9 Å². The number of pyridine rings is 1. The highest BCUT2D eigenvalue weighted by Crippen LogP contribution is 2.40. The van der Waals surface area contributed by atoms with E-state index in [4.69, 9.17) is 0 Å². The first kappa shape index (κ1) is 29.9. The fourth-order valence-corrected chi connectivity index (χ4v) is 4.94. The van der Waals surface area contributed by atoms with Crippen molar-refractivity contribution in [1.29, 1.82) is 0 Å². The summed E-state index contributed by atoms with van der Waals surface area (Å²) in [7, 11) is 3.37. The van der Waals surface area contributed by atoms with Crippen molar-refractivity contribution in [3.63, 3.8) is 0 Å². The van der Waals surface area contributed by atoms with Gasteiger partial charge < -0.3 is 9.80 Å². The maximum atomic E-state index is 14.4. The number of hydrazine groups is 1. The lowest BCUT2D eigenvalue weighted by Crippen LogP contribution is -2.37. The van der Waals surface area contributed by atoms with Crippen LogP contribution in [0.5, 0.6) is 0 Å². The van der Waals surface area contributed by atoms with Gasteiger partial charge in [-0.15, -0.1) is 5.10 Å². The molecule has 0 bridgehead atoms. The third-order valence-electron chi connectivity index (χ3n) is 7.08.